The SMILES string of the molecule is CCC(OC)c1ncc(C)c(CNC(C)(C)C)n1. The minimum absolute atomic E-state index is 0.0148. The number of ether oxygens (including phenoxy) is 1. The predicted molar refractivity (Wildman–Crippen MR) is 73.4 cm³/mol. The molecule has 4 nitrogen and oxygen atoms in total. The second-order valence-corrected chi connectivity index (χ2v) is 5.59. The molecule has 0 aliphatic carbocycles. The Morgan fingerprint density at radius 3 is 2.56 bits per heavy atom. The maximum absolute atomic E-state index is 5.38. The Hall–Kier alpha value is -1.00. The first kappa shape index (κ1) is 15.1. The molecule has 1 heterocycles. The highest BCUT2D eigenvalue weighted by Crippen LogP contribution is 2.17. The first-order chi connectivity index (χ1) is 8.37. The van der Waals surface area contributed by atoms with Crippen molar-refractivity contribution in [1.29, 1.82) is 0 Å². The summed E-state index contributed by atoms with van der Waals surface area (Å²) in [4.78, 5) is 8.98. The number of rotatable bonds is 5. The summed E-state index contributed by atoms with van der Waals surface area (Å²) < 4.78 is 5.38. The summed E-state index contributed by atoms with van der Waals surface area (Å²) in [5, 5.41) is 3.45. The maximum atomic E-state index is 5.38. The monoisotopic (exact) mass is 251 g/mol. The van der Waals surface area contributed by atoms with Crippen LogP contribution in [0.25, 0.3) is 0 Å². The lowest BCUT2D eigenvalue weighted by molar-refractivity contribution is 0.0923. The molecular formula is C14H25N3O. The highest BCUT2D eigenvalue weighted by molar-refractivity contribution is 5.16. The zero-order chi connectivity index (χ0) is 13.8. The molecule has 0 radical (unpaired) electrons. The highest BCUT2D eigenvalue weighted by atomic mass is 16.5. The zero-order valence-electron chi connectivity index (χ0n) is 12.4. The Morgan fingerprint density at radius 2 is 2.06 bits per heavy atom. The second-order valence-electron chi connectivity index (χ2n) is 5.59. The molecule has 0 aliphatic rings. The van der Waals surface area contributed by atoms with E-state index in [4.69, 9.17) is 4.74 Å². The van der Waals surface area contributed by atoms with Crippen molar-refractivity contribution in [3.8, 4) is 0 Å². The van der Waals surface area contributed by atoms with Gasteiger partial charge in [-0.2, -0.15) is 0 Å². The van der Waals surface area contributed by atoms with E-state index in [2.05, 4.69) is 43.0 Å². The first-order valence-electron chi connectivity index (χ1n) is 6.47. The van der Waals surface area contributed by atoms with E-state index in [-0.39, 0.29) is 11.6 Å². The van der Waals surface area contributed by atoms with Gasteiger partial charge in [0, 0.05) is 25.4 Å². The van der Waals surface area contributed by atoms with E-state index in [1.54, 1.807) is 7.11 Å². The number of aryl methyl sites for hydroxylation is 1. The molecule has 4 heteroatoms. The van der Waals surface area contributed by atoms with Crippen LogP contribution in [0.5, 0.6) is 0 Å². The Bertz CT molecular complexity index is 381. The van der Waals surface area contributed by atoms with E-state index in [1.165, 1.54) is 0 Å². The minimum Gasteiger partial charge on any atom is -0.373 e. The van der Waals surface area contributed by atoms with Crippen molar-refractivity contribution < 1.29 is 4.74 Å². The third kappa shape index (κ3) is 4.35. The molecular weight excluding hydrogens is 226 g/mol. The third-order valence-corrected chi connectivity index (χ3v) is 2.82. The summed E-state index contributed by atoms with van der Waals surface area (Å²) in [5.41, 5.74) is 2.25. The summed E-state index contributed by atoms with van der Waals surface area (Å²) in [7, 11) is 1.70. The van der Waals surface area contributed by atoms with Crippen LogP contribution in [0.2, 0.25) is 0 Å². The van der Waals surface area contributed by atoms with Gasteiger partial charge in [-0.15, -0.1) is 0 Å². The Balaban J connectivity index is 2.87. The molecule has 18 heavy (non-hydrogen) atoms. The van der Waals surface area contributed by atoms with Gasteiger partial charge in [0.25, 0.3) is 0 Å². The lowest BCUT2D eigenvalue weighted by Gasteiger charge is -2.21. The van der Waals surface area contributed by atoms with Crippen molar-refractivity contribution >= 4 is 0 Å². The van der Waals surface area contributed by atoms with Crippen LogP contribution in [0.3, 0.4) is 0 Å². The molecule has 1 unspecified atom stereocenters. The van der Waals surface area contributed by atoms with Crippen LogP contribution in [0, 0.1) is 6.92 Å². The van der Waals surface area contributed by atoms with Gasteiger partial charge in [0.1, 0.15) is 6.10 Å². The lowest BCUT2D eigenvalue weighted by Crippen LogP contribution is -2.35. The molecule has 1 aromatic heterocycles. The van der Waals surface area contributed by atoms with Gasteiger partial charge < -0.3 is 10.1 Å². The van der Waals surface area contributed by atoms with Crippen molar-refractivity contribution in [2.24, 2.45) is 0 Å². The molecule has 1 rings (SSSR count). The van der Waals surface area contributed by atoms with E-state index >= 15 is 0 Å². The van der Waals surface area contributed by atoms with Gasteiger partial charge in [0.15, 0.2) is 5.82 Å². The Kier molecular flexibility index (Phi) is 5.23. The van der Waals surface area contributed by atoms with E-state index < -0.39 is 0 Å². The summed E-state index contributed by atoms with van der Waals surface area (Å²) in [5.74, 6) is 0.774. The van der Waals surface area contributed by atoms with E-state index in [9.17, 15) is 0 Å². The second kappa shape index (κ2) is 6.25. The van der Waals surface area contributed by atoms with Crippen LogP contribution < -0.4 is 5.32 Å². The number of nitrogens with zero attached hydrogens (tertiary/aromatic N) is 2. The largest absolute Gasteiger partial charge is 0.373 e. The summed E-state index contributed by atoms with van der Waals surface area (Å²) >= 11 is 0. The molecule has 102 valence electrons. The molecule has 0 aliphatic heterocycles. The molecule has 0 saturated heterocycles. The zero-order valence-corrected chi connectivity index (χ0v) is 12.4. The van der Waals surface area contributed by atoms with Crippen LogP contribution in [0.1, 0.15) is 57.3 Å². The topological polar surface area (TPSA) is 47.0 Å². The molecule has 0 spiro atoms. The highest BCUT2D eigenvalue weighted by Gasteiger charge is 2.15. The van der Waals surface area contributed by atoms with Gasteiger partial charge in [0.05, 0.1) is 5.69 Å². The quantitative estimate of drug-likeness (QED) is 0.874. The van der Waals surface area contributed by atoms with Crippen LogP contribution in [-0.2, 0) is 11.3 Å². The molecule has 0 saturated carbocycles. The molecule has 1 atom stereocenters. The van der Waals surface area contributed by atoms with Gasteiger partial charge >= 0.3 is 0 Å². The molecule has 0 bridgehead atoms. The summed E-state index contributed by atoms with van der Waals surface area (Å²) in [6, 6.07) is 0. The number of hydrogen-bond donors (Lipinski definition) is 1. The fourth-order valence-electron chi connectivity index (χ4n) is 1.63. The molecule has 0 amide bonds. The van der Waals surface area contributed by atoms with Crippen LogP contribution >= 0.6 is 0 Å². The standard InChI is InChI=1S/C14H25N3O/c1-7-12(18-6)13-15-8-10(2)11(17-13)9-16-14(3,4)5/h8,12,16H,7,9H2,1-6H3. The van der Waals surface area contributed by atoms with Crippen molar-refractivity contribution in [2.75, 3.05) is 7.11 Å². The molecule has 1 N–H and O–H groups in total. The first-order valence-corrected chi connectivity index (χ1v) is 6.47. The van der Waals surface area contributed by atoms with Gasteiger partial charge in [0.2, 0.25) is 0 Å². The average molecular weight is 251 g/mol. The van der Waals surface area contributed by atoms with E-state index in [0.717, 1.165) is 30.0 Å². The third-order valence-electron chi connectivity index (χ3n) is 2.82. The van der Waals surface area contributed by atoms with E-state index in [0.29, 0.717) is 0 Å². The van der Waals surface area contributed by atoms with Crippen LogP contribution in [0.15, 0.2) is 6.20 Å². The van der Waals surface area contributed by atoms with Crippen LogP contribution in [0.4, 0.5) is 0 Å². The molecule has 0 fully saturated rings. The maximum Gasteiger partial charge on any atom is 0.157 e. The normalized spacial score (nSPS) is 13.7. The Labute approximate surface area is 110 Å². The van der Waals surface area contributed by atoms with Gasteiger partial charge in [-0.05, 0) is 39.7 Å². The van der Waals surface area contributed by atoms with Gasteiger partial charge in [-0.3, -0.25) is 0 Å². The summed E-state index contributed by atoms with van der Waals surface area (Å²) in [6.07, 6.45) is 2.74. The molecule has 1 aromatic rings. The van der Waals surface area contributed by atoms with Gasteiger partial charge in [-0.25, -0.2) is 9.97 Å². The minimum atomic E-state index is -0.0148. The number of methoxy groups -OCH3 is 1. The van der Waals surface area contributed by atoms with Crippen LogP contribution in [-0.4, -0.2) is 22.6 Å². The van der Waals surface area contributed by atoms with Gasteiger partial charge in [-0.1, -0.05) is 6.92 Å². The predicted octanol–water partition coefficient (Wildman–Crippen LogP) is 2.77. The van der Waals surface area contributed by atoms with Crippen molar-refractivity contribution in [3.05, 3.63) is 23.3 Å². The number of aromatic nitrogens is 2. The summed E-state index contributed by atoms with van der Waals surface area (Å²) in [6.45, 7) is 11.3. The lowest BCUT2D eigenvalue weighted by atomic mass is 10.1. The number of hydrogen-bond acceptors (Lipinski definition) is 4. The smallest absolute Gasteiger partial charge is 0.157 e. The van der Waals surface area contributed by atoms with Crippen molar-refractivity contribution in [2.45, 2.75) is 59.2 Å². The fourth-order valence-corrected chi connectivity index (χ4v) is 1.63. The Morgan fingerprint density at radius 1 is 1.39 bits per heavy atom. The number of nitrogens with one attached hydrogen (secondary N) is 1. The van der Waals surface area contributed by atoms with E-state index in [1.807, 2.05) is 13.1 Å². The fraction of sp³-hybridized carbons (Fsp3) is 0.714. The van der Waals surface area contributed by atoms with Crippen molar-refractivity contribution in [1.82, 2.24) is 15.3 Å². The van der Waals surface area contributed by atoms with Crippen molar-refractivity contribution in [3.63, 3.8) is 0 Å². The average Bonchev–Trinajstić information content (AvgIpc) is 2.30. The molecule has 0 aromatic carbocycles.